The first-order chi connectivity index (χ1) is 16.2. The molecule has 8 heteroatoms. The lowest BCUT2D eigenvalue weighted by molar-refractivity contribution is 0.102. The maximum Gasteiger partial charge on any atom is 0.255 e. The van der Waals surface area contributed by atoms with Gasteiger partial charge in [0, 0.05) is 49.0 Å². The highest BCUT2D eigenvalue weighted by Crippen LogP contribution is 2.22. The highest BCUT2D eigenvalue weighted by atomic mass is 35.5. The molecular weight excluding hydrogens is 470 g/mol. The van der Waals surface area contributed by atoms with E-state index >= 15 is 0 Å². The van der Waals surface area contributed by atoms with Crippen LogP contribution in [0, 0.1) is 13.8 Å². The van der Waals surface area contributed by atoms with Crippen molar-refractivity contribution in [3.05, 3.63) is 94.0 Å². The number of amides is 1. The summed E-state index contributed by atoms with van der Waals surface area (Å²) in [5, 5.41) is 3.57. The molecular formula is C26H28ClN3O3S. The molecule has 1 saturated heterocycles. The van der Waals surface area contributed by atoms with Crippen LogP contribution in [-0.4, -0.2) is 49.7 Å². The van der Waals surface area contributed by atoms with E-state index in [4.69, 9.17) is 11.6 Å². The van der Waals surface area contributed by atoms with Gasteiger partial charge in [-0.1, -0.05) is 41.4 Å². The smallest absolute Gasteiger partial charge is 0.255 e. The summed E-state index contributed by atoms with van der Waals surface area (Å²) < 4.78 is 27.4. The molecule has 34 heavy (non-hydrogen) atoms. The number of nitrogens with one attached hydrogen (secondary N) is 1. The normalized spacial score (nSPS) is 15.3. The molecule has 3 aromatic rings. The topological polar surface area (TPSA) is 69.7 Å². The van der Waals surface area contributed by atoms with Crippen LogP contribution in [0.2, 0.25) is 5.02 Å². The molecule has 178 valence electrons. The van der Waals surface area contributed by atoms with Gasteiger partial charge in [0.05, 0.1) is 4.90 Å². The Morgan fingerprint density at radius 1 is 0.941 bits per heavy atom. The molecule has 3 aromatic carbocycles. The number of hydrogen-bond acceptors (Lipinski definition) is 4. The number of nitrogens with zero attached hydrogens (tertiary/aromatic N) is 2. The fraction of sp³-hybridized carbons (Fsp3) is 0.269. The second-order valence-corrected chi connectivity index (χ2v) is 11.0. The van der Waals surface area contributed by atoms with E-state index in [9.17, 15) is 13.2 Å². The number of carbonyl (C=O) groups excluding carboxylic acids is 1. The van der Waals surface area contributed by atoms with Crippen molar-refractivity contribution >= 4 is 33.2 Å². The molecule has 1 amide bonds. The predicted octanol–water partition coefficient (Wildman–Crippen LogP) is 4.72. The van der Waals surface area contributed by atoms with Gasteiger partial charge < -0.3 is 5.32 Å². The molecule has 0 unspecified atom stereocenters. The van der Waals surface area contributed by atoms with Crippen molar-refractivity contribution in [1.29, 1.82) is 0 Å². The van der Waals surface area contributed by atoms with Gasteiger partial charge in [-0.25, -0.2) is 8.42 Å². The summed E-state index contributed by atoms with van der Waals surface area (Å²) in [7, 11) is -3.48. The Bertz CT molecular complexity index is 1280. The molecule has 0 saturated carbocycles. The van der Waals surface area contributed by atoms with Crippen LogP contribution in [0.4, 0.5) is 5.69 Å². The van der Waals surface area contributed by atoms with E-state index in [1.807, 2.05) is 50.2 Å². The monoisotopic (exact) mass is 497 g/mol. The molecule has 6 nitrogen and oxygen atoms in total. The van der Waals surface area contributed by atoms with Gasteiger partial charge in [-0.15, -0.1) is 0 Å². The number of hydrogen-bond donors (Lipinski definition) is 1. The number of halogens is 1. The first-order valence-corrected chi connectivity index (χ1v) is 13.0. The first-order valence-electron chi connectivity index (χ1n) is 11.2. The molecule has 4 rings (SSSR count). The van der Waals surface area contributed by atoms with E-state index < -0.39 is 10.0 Å². The van der Waals surface area contributed by atoms with Crippen molar-refractivity contribution in [3.63, 3.8) is 0 Å². The third-order valence-corrected chi connectivity index (χ3v) is 8.17. The third-order valence-electron chi connectivity index (χ3n) is 6.02. The predicted molar refractivity (Wildman–Crippen MR) is 136 cm³/mol. The minimum Gasteiger partial charge on any atom is -0.322 e. The molecule has 1 fully saturated rings. The summed E-state index contributed by atoms with van der Waals surface area (Å²) in [6.45, 7) is 6.62. The van der Waals surface area contributed by atoms with Crippen molar-refractivity contribution in [2.24, 2.45) is 0 Å². The molecule has 1 N–H and O–H groups in total. The number of rotatable bonds is 6. The number of sulfonamides is 1. The van der Waals surface area contributed by atoms with Gasteiger partial charge in [-0.3, -0.25) is 9.69 Å². The zero-order valence-electron chi connectivity index (χ0n) is 19.3. The van der Waals surface area contributed by atoms with Gasteiger partial charge in [0.15, 0.2) is 0 Å². The van der Waals surface area contributed by atoms with Crippen LogP contribution in [-0.2, 0) is 16.6 Å². The first kappa shape index (κ1) is 24.4. The van der Waals surface area contributed by atoms with Crippen LogP contribution in [0.1, 0.15) is 27.0 Å². The maximum atomic E-state index is 12.9. The van der Waals surface area contributed by atoms with E-state index in [-0.39, 0.29) is 5.91 Å². The lowest BCUT2D eigenvalue weighted by atomic mass is 10.1. The number of carbonyl (C=O) groups is 1. The average Bonchev–Trinajstić information content (AvgIpc) is 2.82. The highest BCUT2D eigenvalue weighted by molar-refractivity contribution is 7.89. The zero-order valence-corrected chi connectivity index (χ0v) is 20.9. The van der Waals surface area contributed by atoms with Crippen molar-refractivity contribution in [2.75, 3.05) is 31.5 Å². The quantitative estimate of drug-likeness (QED) is 0.535. The van der Waals surface area contributed by atoms with E-state index in [0.29, 0.717) is 48.2 Å². The fourth-order valence-corrected chi connectivity index (χ4v) is 5.67. The Morgan fingerprint density at radius 3 is 2.32 bits per heavy atom. The molecule has 1 aliphatic rings. The molecule has 0 aromatic heterocycles. The summed E-state index contributed by atoms with van der Waals surface area (Å²) in [6.07, 6.45) is 0. The lowest BCUT2D eigenvalue weighted by Crippen LogP contribution is -2.48. The average molecular weight is 498 g/mol. The molecule has 1 heterocycles. The molecule has 0 aliphatic carbocycles. The van der Waals surface area contributed by atoms with E-state index in [1.165, 1.54) is 0 Å². The summed E-state index contributed by atoms with van der Waals surface area (Å²) in [4.78, 5) is 15.3. The molecule has 0 radical (unpaired) electrons. The molecule has 0 bridgehead atoms. The maximum absolute atomic E-state index is 12.9. The van der Waals surface area contributed by atoms with Crippen molar-refractivity contribution in [2.45, 2.75) is 25.3 Å². The van der Waals surface area contributed by atoms with E-state index in [1.54, 1.807) is 34.6 Å². The third kappa shape index (κ3) is 5.67. The lowest BCUT2D eigenvalue weighted by Gasteiger charge is -2.34. The van der Waals surface area contributed by atoms with E-state index in [0.717, 1.165) is 22.4 Å². The van der Waals surface area contributed by atoms with Crippen molar-refractivity contribution in [3.8, 4) is 0 Å². The van der Waals surface area contributed by atoms with Gasteiger partial charge >= 0.3 is 0 Å². The SMILES string of the molecule is Cc1ccc(S(=O)(=O)N2CCN(Cc3cccc(C(=O)Nc4ccc(Cl)cc4C)c3)CC2)cc1. The van der Waals surface area contributed by atoms with Crippen molar-refractivity contribution < 1.29 is 13.2 Å². The summed E-state index contributed by atoms with van der Waals surface area (Å²) in [5.74, 6) is -0.179. The zero-order chi connectivity index (χ0) is 24.3. The van der Waals surface area contributed by atoms with Crippen LogP contribution in [0.5, 0.6) is 0 Å². The highest BCUT2D eigenvalue weighted by Gasteiger charge is 2.28. The number of benzene rings is 3. The summed E-state index contributed by atoms with van der Waals surface area (Å²) in [5.41, 5.74) is 4.24. The molecule has 1 aliphatic heterocycles. The van der Waals surface area contributed by atoms with E-state index in [2.05, 4.69) is 10.2 Å². The Kier molecular flexibility index (Phi) is 7.38. The van der Waals surface area contributed by atoms with Gasteiger partial charge in [0.2, 0.25) is 10.0 Å². The van der Waals surface area contributed by atoms with Gasteiger partial charge in [0.1, 0.15) is 0 Å². The molecule has 0 spiro atoms. The van der Waals surface area contributed by atoms with Gasteiger partial charge in [-0.2, -0.15) is 4.31 Å². The van der Waals surface area contributed by atoms with Gasteiger partial charge in [-0.05, 0) is 67.4 Å². The minimum absolute atomic E-state index is 0.179. The Hall–Kier alpha value is -2.71. The Balaban J connectivity index is 1.36. The van der Waals surface area contributed by atoms with Crippen LogP contribution in [0.3, 0.4) is 0 Å². The van der Waals surface area contributed by atoms with Crippen LogP contribution < -0.4 is 5.32 Å². The fourth-order valence-electron chi connectivity index (χ4n) is 4.02. The second kappa shape index (κ2) is 10.3. The number of aryl methyl sites for hydroxylation is 2. The molecule has 0 atom stereocenters. The summed E-state index contributed by atoms with van der Waals surface area (Å²) in [6, 6.07) is 19.9. The standard InChI is InChI=1S/C26H28ClN3O3S/c1-19-6-9-24(10-7-19)34(32,33)30-14-12-29(13-15-30)18-21-4-3-5-22(17-21)26(31)28-25-11-8-23(27)16-20(25)2/h3-11,16-17H,12-15,18H2,1-2H3,(H,28,31). The second-order valence-electron chi connectivity index (χ2n) is 8.61. The Morgan fingerprint density at radius 2 is 1.65 bits per heavy atom. The van der Waals surface area contributed by atoms with Crippen LogP contribution in [0.25, 0.3) is 0 Å². The number of piperazine rings is 1. The van der Waals surface area contributed by atoms with Gasteiger partial charge in [0.25, 0.3) is 5.91 Å². The summed E-state index contributed by atoms with van der Waals surface area (Å²) >= 11 is 6.00. The van der Waals surface area contributed by atoms with Crippen LogP contribution >= 0.6 is 11.6 Å². The number of anilines is 1. The van der Waals surface area contributed by atoms with Crippen LogP contribution in [0.15, 0.2) is 71.6 Å². The Labute approximate surface area is 206 Å². The van der Waals surface area contributed by atoms with Crippen molar-refractivity contribution in [1.82, 2.24) is 9.21 Å². The largest absolute Gasteiger partial charge is 0.322 e. The minimum atomic E-state index is -3.48.